The first-order valence-corrected chi connectivity index (χ1v) is 5.95. The van der Waals surface area contributed by atoms with Crippen LogP contribution in [0.3, 0.4) is 0 Å². The van der Waals surface area contributed by atoms with Gasteiger partial charge in [0.05, 0.1) is 10.2 Å². The first-order chi connectivity index (χ1) is 8.58. The summed E-state index contributed by atoms with van der Waals surface area (Å²) in [5.41, 5.74) is 0.703. The van der Waals surface area contributed by atoms with Crippen LogP contribution in [0.25, 0.3) is 0 Å². The largest absolute Gasteiger partial charge is 0.321 e. The molecule has 0 saturated heterocycles. The van der Waals surface area contributed by atoms with E-state index in [-0.39, 0.29) is 11.5 Å². The van der Waals surface area contributed by atoms with Crippen LogP contribution in [0.4, 0.5) is 5.69 Å². The summed E-state index contributed by atoms with van der Waals surface area (Å²) in [6.07, 6.45) is 4.71. The van der Waals surface area contributed by atoms with Gasteiger partial charge in [0.25, 0.3) is 11.5 Å². The Balaban J connectivity index is 2.25. The summed E-state index contributed by atoms with van der Waals surface area (Å²) in [5.74, 6) is -0.334. The van der Waals surface area contributed by atoms with Crippen LogP contribution >= 0.6 is 15.9 Å². The number of halogens is 1. The van der Waals surface area contributed by atoms with Crippen LogP contribution in [-0.2, 0) is 7.05 Å². The summed E-state index contributed by atoms with van der Waals surface area (Å²) in [7, 11) is 1.63. The first kappa shape index (κ1) is 12.5. The second kappa shape index (κ2) is 5.14. The molecule has 2 rings (SSSR count). The van der Waals surface area contributed by atoms with Gasteiger partial charge in [-0.15, -0.1) is 0 Å². The van der Waals surface area contributed by atoms with Gasteiger partial charge in [0.2, 0.25) is 0 Å². The zero-order valence-corrected chi connectivity index (χ0v) is 11.1. The average Bonchev–Trinajstić information content (AvgIpc) is 2.35. The Hall–Kier alpha value is -1.95. The fourth-order valence-electron chi connectivity index (χ4n) is 1.36. The molecule has 18 heavy (non-hydrogen) atoms. The van der Waals surface area contributed by atoms with Crippen molar-refractivity contribution in [2.75, 3.05) is 5.32 Å². The molecule has 0 bridgehead atoms. The second-order valence-corrected chi connectivity index (χ2v) is 4.53. The van der Waals surface area contributed by atoms with Crippen molar-refractivity contribution in [1.82, 2.24) is 9.55 Å². The SMILES string of the molecule is Cn1ccc(C(=O)Nc2ccncc2Br)cc1=O. The van der Waals surface area contributed by atoms with Gasteiger partial charge in [0, 0.05) is 37.3 Å². The van der Waals surface area contributed by atoms with Gasteiger partial charge < -0.3 is 9.88 Å². The van der Waals surface area contributed by atoms with Gasteiger partial charge in [-0.3, -0.25) is 14.6 Å². The third-order valence-electron chi connectivity index (χ3n) is 2.39. The molecule has 0 unspecified atom stereocenters. The summed E-state index contributed by atoms with van der Waals surface area (Å²) in [4.78, 5) is 27.3. The van der Waals surface area contributed by atoms with Crippen molar-refractivity contribution in [3.63, 3.8) is 0 Å². The number of hydrogen-bond acceptors (Lipinski definition) is 3. The molecular formula is C12H10BrN3O2. The number of aryl methyl sites for hydroxylation is 1. The monoisotopic (exact) mass is 307 g/mol. The predicted molar refractivity (Wildman–Crippen MR) is 71.6 cm³/mol. The molecule has 0 fully saturated rings. The van der Waals surface area contributed by atoms with Crippen molar-refractivity contribution >= 4 is 27.5 Å². The van der Waals surface area contributed by atoms with E-state index in [9.17, 15) is 9.59 Å². The molecule has 2 heterocycles. The lowest BCUT2D eigenvalue weighted by Gasteiger charge is -2.06. The topological polar surface area (TPSA) is 64.0 Å². The first-order valence-electron chi connectivity index (χ1n) is 5.15. The number of rotatable bonds is 2. The quantitative estimate of drug-likeness (QED) is 0.920. The Morgan fingerprint density at radius 1 is 1.44 bits per heavy atom. The zero-order valence-electron chi connectivity index (χ0n) is 9.55. The van der Waals surface area contributed by atoms with Crippen molar-refractivity contribution < 1.29 is 4.79 Å². The van der Waals surface area contributed by atoms with Crippen molar-refractivity contribution in [1.29, 1.82) is 0 Å². The molecule has 5 nitrogen and oxygen atoms in total. The van der Waals surface area contributed by atoms with Crippen LogP contribution in [0.2, 0.25) is 0 Å². The normalized spacial score (nSPS) is 10.1. The van der Waals surface area contributed by atoms with Gasteiger partial charge in [-0.25, -0.2) is 0 Å². The lowest BCUT2D eigenvalue weighted by Crippen LogP contribution is -2.20. The lowest BCUT2D eigenvalue weighted by atomic mass is 10.2. The molecule has 6 heteroatoms. The Bertz CT molecular complexity index is 652. The van der Waals surface area contributed by atoms with E-state index in [0.717, 1.165) is 0 Å². The van der Waals surface area contributed by atoms with E-state index in [0.29, 0.717) is 15.7 Å². The second-order valence-electron chi connectivity index (χ2n) is 3.67. The van der Waals surface area contributed by atoms with Crippen molar-refractivity contribution in [2.24, 2.45) is 7.05 Å². The molecular weight excluding hydrogens is 298 g/mol. The number of nitrogens with one attached hydrogen (secondary N) is 1. The van der Waals surface area contributed by atoms with Gasteiger partial charge >= 0.3 is 0 Å². The molecule has 0 aromatic carbocycles. The fourth-order valence-corrected chi connectivity index (χ4v) is 1.71. The number of hydrogen-bond donors (Lipinski definition) is 1. The van der Waals surface area contributed by atoms with Crippen molar-refractivity contribution in [3.8, 4) is 0 Å². The third-order valence-corrected chi connectivity index (χ3v) is 3.02. The number of carbonyl (C=O) groups excluding carboxylic acids is 1. The minimum Gasteiger partial charge on any atom is -0.321 e. The number of amides is 1. The Kier molecular flexibility index (Phi) is 3.57. The highest BCUT2D eigenvalue weighted by atomic mass is 79.9. The number of aromatic nitrogens is 2. The third kappa shape index (κ3) is 2.65. The Morgan fingerprint density at radius 2 is 2.22 bits per heavy atom. The highest BCUT2D eigenvalue weighted by Gasteiger charge is 2.08. The fraction of sp³-hybridized carbons (Fsp3) is 0.0833. The molecule has 2 aromatic heterocycles. The Labute approximate surface area is 112 Å². The van der Waals surface area contributed by atoms with Crippen molar-refractivity contribution in [2.45, 2.75) is 0 Å². The average molecular weight is 308 g/mol. The number of pyridine rings is 2. The van der Waals surface area contributed by atoms with Gasteiger partial charge in [0.15, 0.2) is 0 Å². The maximum Gasteiger partial charge on any atom is 0.255 e. The molecule has 0 atom stereocenters. The van der Waals surface area contributed by atoms with E-state index >= 15 is 0 Å². The molecule has 0 spiro atoms. The maximum absolute atomic E-state index is 11.9. The summed E-state index contributed by atoms with van der Waals surface area (Å²) in [6, 6.07) is 4.55. The highest BCUT2D eigenvalue weighted by molar-refractivity contribution is 9.10. The molecule has 0 aliphatic carbocycles. The summed E-state index contributed by atoms with van der Waals surface area (Å²) in [6.45, 7) is 0. The van der Waals surface area contributed by atoms with E-state index in [2.05, 4.69) is 26.2 Å². The number of nitrogens with zero attached hydrogens (tertiary/aromatic N) is 2. The molecule has 0 aliphatic heterocycles. The molecule has 0 saturated carbocycles. The van der Waals surface area contributed by atoms with Crippen LogP contribution in [0.1, 0.15) is 10.4 Å². The zero-order chi connectivity index (χ0) is 13.1. The molecule has 0 radical (unpaired) electrons. The van der Waals surface area contributed by atoms with Crippen LogP contribution in [0.15, 0.2) is 46.1 Å². The van der Waals surface area contributed by atoms with Gasteiger partial charge in [-0.2, -0.15) is 0 Å². The predicted octanol–water partition coefficient (Wildman–Crippen LogP) is 1.80. The van der Waals surface area contributed by atoms with Crippen LogP contribution < -0.4 is 10.9 Å². The smallest absolute Gasteiger partial charge is 0.255 e. The molecule has 1 N–H and O–H groups in total. The van der Waals surface area contributed by atoms with Gasteiger partial charge in [0.1, 0.15) is 0 Å². The van der Waals surface area contributed by atoms with E-state index in [4.69, 9.17) is 0 Å². The van der Waals surface area contributed by atoms with Gasteiger partial charge in [-0.05, 0) is 28.1 Å². The van der Waals surface area contributed by atoms with E-state index in [1.54, 1.807) is 37.8 Å². The van der Waals surface area contributed by atoms with E-state index in [1.165, 1.54) is 10.6 Å². The number of anilines is 1. The molecule has 2 aromatic rings. The number of carbonyl (C=O) groups is 1. The molecule has 92 valence electrons. The maximum atomic E-state index is 11.9. The van der Waals surface area contributed by atoms with E-state index < -0.39 is 0 Å². The lowest BCUT2D eigenvalue weighted by molar-refractivity contribution is 0.102. The Morgan fingerprint density at radius 3 is 2.89 bits per heavy atom. The molecule has 0 aliphatic rings. The van der Waals surface area contributed by atoms with Crippen LogP contribution in [-0.4, -0.2) is 15.5 Å². The minimum absolute atomic E-state index is 0.226. The summed E-state index contributed by atoms with van der Waals surface area (Å²) >= 11 is 3.28. The van der Waals surface area contributed by atoms with Gasteiger partial charge in [-0.1, -0.05) is 0 Å². The standard InChI is InChI=1S/C12H10BrN3O2/c1-16-5-3-8(6-11(16)17)12(18)15-10-2-4-14-7-9(10)13/h2-7H,1H3,(H,14,15,18). The van der Waals surface area contributed by atoms with E-state index in [1.807, 2.05) is 0 Å². The van der Waals surface area contributed by atoms with Crippen LogP contribution in [0, 0.1) is 0 Å². The summed E-state index contributed by atoms with van der Waals surface area (Å²) < 4.78 is 2.08. The molecule has 1 amide bonds. The summed E-state index contributed by atoms with van der Waals surface area (Å²) in [5, 5.41) is 2.70. The van der Waals surface area contributed by atoms with Crippen LogP contribution in [0.5, 0.6) is 0 Å². The van der Waals surface area contributed by atoms with Crippen molar-refractivity contribution in [3.05, 3.63) is 57.2 Å². The minimum atomic E-state index is -0.334. The highest BCUT2D eigenvalue weighted by Crippen LogP contribution is 2.20.